The molecule has 7 nitrogen and oxygen atoms in total. The average molecular weight is 369 g/mol. The van der Waals surface area contributed by atoms with Crippen LogP contribution in [0.3, 0.4) is 0 Å². The molecule has 3 rings (SSSR count). The van der Waals surface area contributed by atoms with E-state index in [2.05, 4.69) is 9.97 Å². The highest BCUT2D eigenvalue weighted by molar-refractivity contribution is 5.84. The first-order valence-electron chi connectivity index (χ1n) is 8.72. The van der Waals surface area contributed by atoms with Crippen LogP contribution < -0.4 is 0 Å². The number of nitrogens with zero attached hydrogens (tertiary/aromatic N) is 3. The Labute approximate surface area is 158 Å². The van der Waals surface area contributed by atoms with Gasteiger partial charge in [-0.15, -0.1) is 0 Å². The van der Waals surface area contributed by atoms with Crippen LogP contribution in [0.2, 0.25) is 0 Å². The predicted molar refractivity (Wildman–Crippen MR) is 98.9 cm³/mol. The molecule has 0 radical (unpaired) electrons. The molecule has 0 spiro atoms. The Bertz CT molecular complexity index is 861. The van der Waals surface area contributed by atoms with Gasteiger partial charge in [0.05, 0.1) is 7.11 Å². The van der Waals surface area contributed by atoms with Gasteiger partial charge >= 0.3 is 11.9 Å². The van der Waals surface area contributed by atoms with Crippen molar-refractivity contribution >= 4 is 11.9 Å². The smallest absolute Gasteiger partial charge is 0.327 e. The summed E-state index contributed by atoms with van der Waals surface area (Å²) >= 11 is 0. The van der Waals surface area contributed by atoms with Crippen LogP contribution >= 0.6 is 0 Å². The topological polar surface area (TPSA) is 92.6 Å². The molecular weight excluding hydrogens is 346 g/mol. The minimum Gasteiger partial charge on any atom is -0.480 e. The summed E-state index contributed by atoms with van der Waals surface area (Å²) < 4.78 is 5.05. The third-order valence-electron chi connectivity index (χ3n) is 4.87. The predicted octanol–water partition coefficient (Wildman–Crippen LogP) is 2.47. The van der Waals surface area contributed by atoms with Gasteiger partial charge in [0.25, 0.3) is 0 Å². The van der Waals surface area contributed by atoms with Crippen molar-refractivity contribution in [2.75, 3.05) is 7.11 Å². The Morgan fingerprint density at radius 2 is 1.89 bits per heavy atom. The van der Waals surface area contributed by atoms with Crippen LogP contribution in [-0.2, 0) is 20.7 Å². The molecule has 7 heteroatoms. The number of carbonyl (C=O) groups is 2. The van der Waals surface area contributed by atoms with Crippen LogP contribution in [0.4, 0.5) is 0 Å². The second kappa shape index (κ2) is 7.08. The highest BCUT2D eigenvalue weighted by atomic mass is 16.5. The third kappa shape index (κ3) is 3.42. The number of carbonyl (C=O) groups excluding carboxylic acids is 1. The van der Waals surface area contributed by atoms with Gasteiger partial charge in [-0.25, -0.2) is 14.8 Å². The summed E-state index contributed by atoms with van der Waals surface area (Å²) in [6.07, 6.45) is 5.08. The monoisotopic (exact) mass is 369 g/mol. The SMILES string of the molecule is COC(=O)C1c2cccc(-c3cncnc3)c2CC(C(=O)O)N1C(C)(C)C. The molecule has 1 N–H and O–H groups in total. The molecule has 142 valence electrons. The van der Waals surface area contributed by atoms with Crippen molar-refractivity contribution in [1.82, 2.24) is 14.9 Å². The van der Waals surface area contributed by atoms with Gasteiger partial charge in [0.2, 0.25) is 0 Å². The molecule has 0 bridgehead atoms. The minimum absolute atomic E-state index is 0.278. The molecular formula is C20H23N3O4. The lowest BCUT2D eigenvalue weighted by atomic mass is 9.81. The molecule has 0 aliphatic carbocycles. The maximum Gasteiger partial charge on any atom is 0.327 e. The highest BCUT2D eigenvalue weighted by Crippen LogP contribution is 2.42. The number of fused-ring (bicyclic) bond motifs is 1. The van der Waals surface area contributed by atoms with Gasteiger partial charge in [0, 0.05) is 23.5 Å². The maximum atomic E-state index is 12.7. The van der Waals surface area contributed by atoms with Crippen molar-refractivity contribution in [2.45, 2.75) is 44.8 Å². The van der Waals surface area contributed by atoms with E-state index in [9.17, 15) is 14.7 Å². The van der Waals surface area contributed by atoms with E-state index in [4.69, 9.17) is 4.74 Å². The number of esters is 1. The molecule has 1 aliphatic heterocycles. The zero-order chi connectivity index (χ0) is 19.8. The largest absolute Gasteiger partial charge is 0.480 e. The molecule has 0 saturated heterocycles. The van der Waals surface area contributed by atoms with Crippen LogP contribution in [0.15, 0.2) is 36.9 Å². The van der Waals surface area contributed by atoms with E-state index in [0.717, 1.165) is 22.3 Å². The zero-order valence-electron chi connectivity index (χ0n) is 15.8. The van der Waals surface area contributed by atoms with Crippen LogP contribution in [-0.4, -0.2) is 50.6 Å². The van der Waals surface area contributed by atoms with Gasteiger partial charge in [-0.2, -0.15) is 0 Å². The first-order valence-corrected chi connectivity index (χ1v) is 8.72. The normalized spacial score (nSPS) is 20.0. The fraction of sp³-hybridized carbons (Fsp3) is 0.400. The summed E-state index contributed by atoms with van der Waals surface area (Å²) in [6.45, 7) is 5.70. The molecule has 1 aliphatic rings. The van der Waals surface area contributed by atoms with Gasteiger partial charge in [-0.3, -0.25) is 9.69 Å². The standard InChI is InChI=1S/C20H23N3O4/c1-20(2,3)23-16(18(24)25)8-15-13(12-9-21-11-22-10-12)6-5-7-14(15)17(23)19(26)27-4/h5-7,9-11,16-17H,8H2,1-4H3,(H,24,25). The summed E-state index contributed by atoms with van der Waals surface area (Å²) in [4.78, 5) is 34.7. The lowest BCUT2D eigenvalue weighted by molar-refractivity contribution is -0.159. The molecule has 27 heavy (non-hydrogen) atoms. The number of carboxylic acids is 1. The summed E-state index contributed by atoms with van der Waals surface area (Å²) in [5.41, 5.74) is 2.64. The number of methoxy groups -OCH3 is 1. The van der Waals surface area contributed by atoms with E-state index in [0.29, 0.717) is 0 Å². The van der Waals surface area contributed by atoms with E-state index in [1.165, 1.54) is 13.4 Å². The highest BCUT2D eigenvalue weighted by Gasteiger charge is 2.47. The van der Waals surface area contributed by atoms with Gasteiger partial charge in [-0.05, 0) is 43.9 Å². The zero-order valence-corrected chi connectivity index (χ0v) is 15.8. The average Bonchev–Trinajstić information content (AvgIpc) is 2.65. The maximum absolute atomic E-state index is 12.7. The Morgan fingerprint density at radius 1 is 1.22 bits per heavy atom. The number of hydrogen-bond donors (Lipinski definition) is 1. The number of carboxylic acid groups (broad SMARTS) is 1. The van der Waals surface area contributed by atoms with Crippen LogP contribution in [0.25, 0.3) is 11.1 Å². The third-order valence-corrected chi connectivity index (χ3v) is 4.87. The number of ether oxygens (including phenoxy) is 1. The van der Waals surface area contributed by atoms with Crippen LogP contribution in [0.5, 0.6) is 0 Å². The van der Waals surface area contributed by atoms with Crippen molar-refractivity contribution in [2.24, 2.45) is 0 Å². The van der Waals surface area contributed by atoms with Crippen molar-refractivity contribution in [3.05, 3.63) is 48.0 Å². The number of hydrogen-bond acceptors (Lipinski definition) is 6. The fourth-order valence-electron chi connectivity index (χ4n) is 3.83. The minimum atomic E-state index is -0.969. The Morgan fingerprint density at radius 3 is 2.44 bits per heavy atom. The van der Waals surface area contributed by atoms with Crippen LogP contribution in [0.1, 0.15) is 37.9 Å². The van der Waals surface area contributed by atoms with E-state index < -0.39 is 29.6 Å². The van der Waals surface area contributed by atoms with Gasteiger partial charge in [0.1, 0.15) is 18.4 Å². The van der Waals surface area contributed by atoms with Crippen molar-refractivity contribution in [1.29, 1.82) is 0 Å². The molecule has 0 fully saturated rings. The summed E-state index contributed by atoms with van der Waals surface area (Å²) in [5.74, 6) is -1.44. The molecule has 0 amide bonds. The second-order valence-electron chi connectivity index (χ2n) is 7.56. The second-order valence-corrected chi connectivity index (χ2v) is 7.56. The van der Waals surface area contributed by atoms with Crippen molar-refractivity contribution in [3.8, 4) is 11.1 Å². The van der Waals surface area contributed by atoms with Gasteiger partial charge < -0.3 is 9.84 Å². The summed E-state index contributed by atoms with van der Waals surface area (Å²) in [7, 11) is 1.32. The van der Waals surface area contributed by atoms with Crippen molar-refractivity contribution in [3.63, 3.8) is 0 Å². The Balaban J connectivity index is 2.26. The summed E-state index contributed by atoms with van der Waals surface area (Å²) in [6, 6.07) is 3.97. The lowest BCUT2D eigenvalue weighted by Gasteiger charge is -2.47. The lowest BCUT2D eigenvalue weighted by Crippen LogP contribution is -2.58. The quantitative estimate of drug-likeness (QED) is 0.831. The number of aromatic nitrogens is 2. The molecule has 1 aromatic heterocycles. The van der Waals surface area contributed by atoms with Gasteiger partial charge in [0.15, 0.2) is 0 Å². The number of rotatable bonds is 3. The van der Waals surface area contributed by atoms with Crippen molar-refractivity contribution < 1.29 is 19.4 Å². The number of benzene rings is 1. The number of aliphatic carboxylic acids is 1. The molecule has 0 saturated carbocycles. The molecule has 2 aromatic rings. The van der Waals surface area contributed by atoms with Gasteiger partial charge in [-0.1, -0.05) is 18.2 Å². The molecule has 1 aromatic carbocycles. The molecule has 2 heterocycles. The van der Waals surface area contributed by atoms with E-state index in [1.54, 1.807) is 17.3 Å². The molecule has 2 unspecified atom stereocenters. The van der Waals surface area contributed by atoms with Crippen LogP contribution in [0, 0.1) is 0 Å². The Kier molecular flexibility index (Phi) is 4.97. The summed E-state index contributed by atoms with van der Waals surface area (Å²) in [5, 5.41) is 9.91. The van der Waals surface area contributed by atoms with E-state index >= 15 is 0 Å². The first kappa shape index (κ1) is 19.0. The van der Waals surface area contributed by atoms with E-state index in [1.807, 2.05) is 39.0 Å². The molecule has 2 atom stereocenters. The Hall–Kier alpha value is -2.80. The fourth-order valence-corrected chi connectivity index (χ4v) is 3.83. The first-order chi connectivity index (χ1) is 12.8. The van der Waals surface area contributed by atoms with E-state index in [-0.39, 0.29) is 6.42 Å².